The minimum Gasteiger partial charge on any atom is -0.508 e. The molecule has 0 spiro atoms. The number of phenolic OH excluding ortho intramolecular Hbond substituents is 3. The van der Waals surface area contributed by atoms with Gasteiger partial charge in [0.1, 0.15) is 17.2 Å². The minimum atomic E-state index is -0.568. The zero-order valence-corrected chi connectivity index (χ0v) is 22.7. The Bertz CT molecular complexity index is 1430. The van der Waals surface area contributed by atoms with Gasteiger partial charge in [-0.05, 0) is 85.0 Å². The normalized spacial score (nSPS) is 13.7. The van der Waals surface area contributed by atoms with Crippen LogP contribution in [0.1, 0.15) is 73.6 Å². The van der Waals surface area contributed by atoms with Crippen molar-refractivity contribution in [3.05, 3.63) is 136 Å². The van der Waals surface area contributed by atoms with E-state index in [0.717, 1.165) is 38.9 Å². The Balaban J connectivity index is 1.90. The van der Waals surface area contributed by atoms with E-state index in [1.54, 1.807) is 18.2 Å². The molecule has 3 heteroatoms. The highest BCUT2D eigenvalue weighted by molar-refractivity contribution is 5.64. The third kappa shape index (κ3) is 4.97. The molecule has 0 atom stereocenters. The number of allylic oxidation sites excluding steroid dienone is 2. The molecule has 0 aromatic heterocycles. The van der Waals surface area contributed by atoms with Crippen LogP contribution in [-0.2, 0) is 10.8 Å². The average Bonchev–Trinajstić information content (AvgIpc) is 2.91. The van der Waals surface area contributed by atoms with Crippen molar-refractivity contribution in [3.63, 3.8) is 0 Å². The van der Waals surface area contributed by atoms with Crippen molar-refractivity contribution >= 4 is 12.2 Å². The maximum absolute atomic E-state index is 10.5. The van der Waals surface area contributed by atoms with Gasteiger partial charge >= 0.3 is 0 Å². The van der Waals surface area contributed by atoms with Crippen LogP contribution in [0, 0.1) is 0 Å². The van der Waals surface area contributed by atoms with Gasteiger partial charge in [0.25, 0.3) is 0 Å². The first-order valence-electron chi connectivity index (χ1n) is 12.9. The second-order valence-electron chi connectivity index (χ2n) is 10.4. The van der Waals surface area contributed by atoms with Crippen molar-refractivity contribution in [3.8, 4) is 17.2 Å². The molecule has 0 amide bonds. The molecule has 0 aliphatic rings. The molecule has 0 aliphatic carbocycles. The van der Waals surface area contributed by atoms with Crippen LogP contribution in [0.15, 0.2) is 97.1 Å². The average molecular weight is 505 g/mol. The molecule has 4 aromatic carbocycles. The molecule has 3 nitrogen and oxygen atoms in total. The molecule has 4 aromatic rings. The molecule has 0 aliphatic heterocycles. The molecule has 0 saturated heterocycles. The SMILES string of the molecule is CC=Cc1cc(C(C)(c2ccc(C(C)(C)c3cccc(O)c3)cc2)c2ccc(O)c(C=CC)c2)ccc1O. The zero-order chi connectivity index (χ0) is 27.5. The van der Waals surface area contributed by atoms with Gasteiger partial charge in [0.15, 0.2) is 0 Å². The predicted molar refractivity (Wildman–Crippen MR) is 158 cm³/mol. The van der Waals surface area contributed by atoms with Gasteiger partial charge in [-0.2, -0.15) is 0 Å². The number of hydrogen-bond acceptors (Lipinski definition) is 3. The first-order chi connectivity index (χ1) is 18.1. The van der Waals surface area contributed by atoms with Crippen molar-refractivity contribution in [2.24, 2.45) is 0 Å². The quantitative estimate of drug-likeness (QED) is 0.221. The van der Waals surface area contributed by atoms with Gasteiger partial charge in [-0.25, -0.2) is 0 Å². The lowest BCUT2D eigenvalue weighted by molar-refractivity contribution is 0.472. The number of hydrogen-bond donors (Lipinski definition) is 3. The summed E-state index contributed by atoms with van der Waals surface area (Å²) in [4.78, 5) is 0. The molecular formula is C35H36O3. The molecular weight excluding hydrogens is 468 g/mol. The van der Waals surface area contributed by atoms with Crippen molar-refractivity contribution < 1.29 is 15.3 Å². The fraction of sp³-hybridized carbons (Fsp3) is 0.200. The van der Waals surface area contributed by atoms with Crippen LogP contribution >= 0.6 is 0 Å². The van der Waals surface area contributed by atoms with Crippen molar-refractivity contribution in [2.75, 3.05) is 0 Å². The molecule has 0 fully saturated rings. The summed E-state index contributed by atoms with van der Waals surface area (Å²) < 4.78 is 0. The summed E-state index contributed by atoms with van der Waals surface area (Å²) >= 11 is 0. The molecule has 0 unspecified atom stereocenters. The molecule has 0 radical (unpaired) electrons. The van der Waals surface area contributed by atoms with Gasteiger partial charge < -0.3 is 15.3 Å². The summed E-state index contributed by atoms with van der Waals surface area (Å²) in [6.07, 6.45) is 7.64. The molecule has 0 heterocycles. The number of phenols is 3. The number of aromatic hydroxyl groups is 3. The molecule has 0 bridgehead atoms. The monoisotopic (exact) mass is 504 g/mol. The van der Waals surface area contributed by atoms with Gasteiger partial charge in [0.2, 0.25) is 0 Å². The standard InChI is InChI=1S/C35H36O3/c1-6-9-24-21-29(17-19-32(24)37)35(5,30-18-20-33(38)25(22-30)10-7-2)27-15-13-26(14-16-27)34(3,4)28-11-8-12-31(36)23-28/h6-23,36-38H,1-5H3. The Kier molecular flexibility index (Phi) is 7.50. The summed E-state index contributed by atoms with van der Waals surface area (Å²) in [5.41, 5.74) is 5.95. The van der Waals surface area contributed by atoms with E-state index in [4.69, 9.17) is 0 Å². The van der Waals surface area contributed by atoms with E-state index >= 15 is 0 Å². The highest BCUT2D eigenvalue weighted by Crippen LogP contribution is 2.43. The zero-order valence-electron chi connectivity index (χ0n) is 22.7. The van der Waals surface area contributed by atoms with Crippen LogP contribution in [0.4, 0.5) is 0 Å². The van der Waals surface area contributed by atoms with E-state index in [-0.39, 0.29) is 22.7 Å². The fourth-order valence-corrected chi connectivity index (χ4v) is 5.14. The summed E-state index contributed by atoms with van der Waals surface area (Å²) in [5.74, 6) is 0.726. The second kappa shape index (κ2) is 10.6. The molecule has 194 valence electrons. The molecule has 3 N–H and O–H groups in total. The van der Waals surface area contributed by atoms with Gasteiger partial charge in [-0.1, -0.05) is 86.7 Å². The predicted octanol–water partition coefficient (Wildman–Crippen LogP) is 8.55. The summed E-state index contributed by atoms with van der Waals surface area (Å²) in [7, 11) is 0. The van der Waals surface area contributed by atoms with E-state index in [1.165, 1.54) is 0 Å². The Hall–Kier alpha value is -4.24. The van der Waals surface area contributed by atoms with Crippen LogP contribution in [0.25, 0.3) is 12.2 Å². The maximum Gasteiger partial charge on any atom is 0.122 e. The Morgan fingerprint density at radius 3 is 1.47 bits per heavy atom. The number of rotatable bonds is 7. The van der Waals surface area contributed by atoms with E-state index in [9.17, 15) is 15.3 Å². The van der Waals surface area contributed by atoms with Crippen molar-refractivity contribution in [1.82, 2.24) is 0 Å². The third-order valence-corrected chi connectivity index (χ3v) is 7.65. The van der Waals surface area contributed by atoms with E-state index in [0.29, 0.717) is 0 Å². The van der Waals surface area contributed by atoms with E-state index < -0.39 is 5.41 Å². The van der Waals surface area contributed by atoms with E-state index in [1.807, 2.05) is 80.6 Å². The Morgan fingerprint density at radius 1 is 0.526 bits per heavy atom. The van der Waals surface area contributed by atoms with Crippen molar-refractivity contribution in [1.29, 1.82) is 0 Å². The van der Waals surface area contributed by atoms with E-state index in [2.05, 4.69) is 45.0 Å². The van der Waals surface area contributed by atoms with Crippen LogP contribution in [0.3, 0.4) is 0 Å². The van der Waals surface area contributed by atoms with Crippen molar-refractivity contribution in [2.45, 2.75) is 45.4 Å². The van der Waals surface area contributed by atoms with Crippen LogP contribution in [0.5, 0.6) is 17.2 Å². The largest absolute Gasteiger partial charge is 0.508 e. The third-order valence-electron chi connectivity index (χ3n) is 7.65. The first-order valence-corrected chi connectivity index (χ1v) is 12.9. The van der Waals surface area contributed by atoms with Gasteiger partial charge in [-0.15, -0.1) is 0 Å². The number of benzene rings is 4. The fourth-order valence-electron chi connectivity index (χ4n) is 5.14. The molecule has 4 rings (SSSR count). The van der Waals surface area contributed by atoms with Crippen LogP contribution < -0.4 is 0 Å². The van der Waals surface area contributed by atoms with Gasteiger partial charge in [0, 0.05) is 22.0 Å². The van der Waals surface area contributed by atoms with Gasteiger partial charge in [0.05, 0.1) is 0 Å². The van der Waals surface area contributed by atoms with Crippen LogP contribution in [0.2, 0.25) is 0 Å². The highest BCUT2D eigenvalue weighted by Gasteiger charge is 2.33. The smallest absolute Gasteiger partial charge is 0.122 e. The topological polar surface area (TPSA) is 60.7 Å². The van der Waals surface area contributed by atoms with Gasteiger partial charge in [-0.3, -0.25) is 0 Å². The Labute approximate surface area is 226 Å². The summed E-state index contributed by atoms with van der Waals surface area (Å²) in [5, 5.41) is 31.0. The second-order valence-corrected chi connectivity index (χ2v) is 10.4. The summed E-state index contributed by atoms with van der Waals surface area (Å²) in [6.45, 7) is 10.4. The first kappa shape index (κ1) is 26.8. The molecule has 38 heavy (non-hydrogen) atoms. The minimum absolute atomic E-state index is 0.234. The van der Waals surface area contributed by atoms with Crippen LogP contribution in [-0.4, -0.2) is 15.3 Å². The molecule has 0 saturated carbocycles. The Morgan fingerprint density at radius 2 is 1.00 bits per heavy atom. The lowest BCUT2D eigenvalue weighted by atomic mass is 9.69. The highest BCUT2D eigenvalue weighted by atomic mass is 16.3. The summed E-state index contributed by atoms with van der Waals surface area (Å²) in [6, 6.07) is 27.5. The lowest BCUT2D eigenvalue weighted by Gasteiger charge is -2.34. The lowest BCUT2D eigenvalue weighted by Crippen LogP contribution is -2.26. The maximum atomic E-state index is 10.5.